The van der Waals surface area contributed by atoms with Crippen LogP contribution >= 0.6 is 0 Å². The van der Waals surface area contributed by atoms with Gasteiger partial charge in [-0.25, -0.2) is 0 Å². The van der Waals surface area contributed by atoms with Gasteiger partial charge in [-0.1, -0.05) is 11.8 Å². The summed E-state index contributed by atoms with van der Waals surface area (Å²) in [6, 6.07) is 1.94. The Morgan fingerprint density at radius 3 is 3.04 bits per heavy atom. The third-order valence-corrected chi connectivity index (χ3v) is 3.59. The molecule has 0 saturated carbocycles. The van der Waals surface area contributed by atoms with E-state index in [-0.39, 0.29) is 6.10 Å². The molecule has 1 atom stereocenters. The monoisotopic (exact) mass is 313 g/mol. The van der Waals surface area contributed by atoms with Gasteiger partial charge in [-0.3, -0.25) is 9.98 Å². The number of hydrazone groups is 1. The summed E-state index contributed by atoms with van der Waals surface area (Å²) >= 11 is 0. The molecule has 23 heavy (non-hydrogen) atoms. The molecule has 6 heteroatoms. The Morgan fingerprint density at radius 2 is 2.39 bits per heavy atom. The van der Waals surface area contributed by atoms with Crippen LogP contribution in [0.5, 0.6) is 0 Å². The van der Waals surface area contributed by atoms with Gasteiger partial charge < -0.3 is 16.3 Å². The van der Waals surface area contributed by atoms with Crippen LogP contribution < -0.4 is 11.6 Å². The van der Waals surface area contributed by atoms with E-state index in [0.717, 1.165) is 30.6 Å². The average molecular weight is 313 g/mol. The minimum atomic E-state index is 0.196. The molecule has 1 aromatic rings. The number of nitrogens with two attached hydrogens (primary N) is 2. The van der Waals surface area contributed by atoms with Crippen molar-refractivity contribution in [2.24, 2.45) is 21.7 Å². The predicted octanol–water partition coefficient (Wildman–Crippen LogP) is 1.00. The lowest BCUT2D eigenvalue weighted by Crippen LogP contribution is -2.22. The maximum absolute atomic E-state index is 5.65. The first-order valence-corrected chi connectivity index (χ1v) is 7.80. The number of rotatable bonds is 4. The number of ether oxygens (including phenoxy) is 1. The molecule has 1 aliphatic rings. The molecule has 4 N–H and O–H groups in total. The number of hydrogen-bond donors (Lipinski definition) is 2. The van der Waals surface area contributed by atoms with Crippen LogP contribution in [0.15, 0.2) is 22.4 Å². The maximum atomic E-state index is 5.65. The van der Waals surface area contributed by atoms with Crippen LogP contribution in [0.25, 0.3) is 0 Å². The number of pyridine rings is 1. The second-order valence-corrected chi connectivity index (χ2v) is 5.39. The van der Waals surface area contributed by atoms with Crippen molar-refractivity contribution >= 4 is 11.9 Å². The molecule has 6 nitrogen and oxygen atoms in total. The van der Waals surface area contributed by atoms with Crippen molar-refractivity contribution < 1.29 is 4.74 Å². The van der Waals surface area contributed by atoms with Gasteiger partial charge in [0.05, 0.1) is 31.1 Å². The Balaban J connectivity index is 2.05. The summed E-state index contributed by atoms with van der Waals surface area (Å²) in [5.41, 5.74) is 8.40. The van der Waals surface area contributed by atoms with E-state index in [1.54, 1.807) is 12.4 Å². The van der Waals surface area contributed by atoms with E-state index in [1.807, 2.05) is 13.0 Å². The summed E-state index contributed by atoms with van der Waals surface area (Å²) in [5, 5.41) is 3.80. The summed E-state index contributed by atoms with van der Waals surface area (Å²) in [6.45, 7) is 3.72. The minimum absolute atomic E-state index is 0.196. The Morgan fingerprint density at radius 1 is 1.52 bits per heavy atom. The van der Waals surface area contributed by atoms with Crippen molar-refractivity contribution in [2.45, 2.75) is 32.3 Å². The zero-order chi connectivity index (χ0) is 16.5. The molecule has 0 bridgehead atoms. The Hall–Kier alpha value is -2.23. The van der Waals surface area contributed by atoms with Crippen molar-refractivity contribution in [3.63, 3.8) is 0 Å². The molecule has 1 saturated heterocycles. The van der Waals surface area contributed by atoms with Gasteiger partial charge in [0.25, 0.3) is 0 Å². The first-order chi connectivity index (χ1) is 11.2. The minimum Gasteiger partial charge on any atom is -0.376 e. The van der Waals surface area contributed by atoms with E-state index in [9.17, 15) is 0 Å². The quantitative estimate of drug-likeness (QED) is 0.375. The van der Waals surface area contributed by atoms with Gasteiger partial charge in [0.2, 0.25) is 0 Å². The SMILES string of the molecule is Cc1cc(C#CCN)cnc1/C(C=NCC1CCCCO1)=N/N. The lowest BCUT2D eigenvalue weighted by molar-refractivity contribution is 0.0226. The van der Waals surface area contributed by atoms with Crippen LogP contribution in [0.3, 0.4) is 0 Å². The molecule has 0 aromatic carbocycles. The van der Waals surface area contributed by atoms with Crippen LogP contribution in [0.1, 0.15) is 36.1 Å². The second-order valence-electron chi connectivity index (χ2n) is 5.39. The standard InChI is InChI=1S/C17H23N5O/c1-13-9-14(5-4-7-18)10-21-17(13)16(22-19)12-20-11-15-6-2-3-8-23-15/h9-10,12,15H,2-3,6-8,11,18-19H2,1H3/b20-12?,22-16+. The molecular weight excluding hydrogens is 290 g/mol. The van der Waals surface area contributed by atoms with E-state index in [2.05, 4.69) is 26.9 Å². The average Bonchev–Trinajstić information content (AvgIpc) is 2.58. The van der Waals surface area contributed by atoms with Crippen molar-refractivity contribution in [2.75, 3.05) is 19.7 Å². The zero-order valence-electron chi connectivity index (χ0n) is 13.5. The summed E-state index contributed by atoms with van der Waals surface area (Å²) in [5.74, 6) is 11.3. The van der Waals surface area contributed by atoms with Crippen molar-refractivity contribution in [1.82, 2.24) is 4.98 Å². The molecule has 1 aromatic heterocycles. The smallest absolute Gasteiger partial charge is 0.126 e. The van der Waals surface area contributed by atoms with Crippen molar-refractivity contribution in [3.8, 4) is 11.8 Å². The Bertz CT molecular complexity index is 636. The first-order valence-electron chi connectivity index (χ1n) is 7.80. The van der Waals surface area contributed by atoms with E-state index in [0.29, 0.717) is 24.5 Å². The third-order valence-electron chi connectivity index (χ3n) is 3.59. The molecule has 2 rings (SSSR count). The van der Waals surface area contributed by atoms with Crippen LogP contribution in [0.4, 0.5) is 0 Å². The summed E-state index contributed by atoms with van der Waals surface area (Å²) < 4.78 is 5.65. The van der Waals surface area contributed by atoms with Gasteiger partial charge in [-0.05, 0) is 37.8 Å². The fraction of sp³-hybridized carbons (Fsp3) is 0.471. The summed E-state index contributed by atoms with van der Waals surface area (Å²) in [4.78, 5) is 8.80. The first kappa shape index (κ1) is 17.1. The van der Waals surface area contributed by atoms with Crippen LogP contribution in [0, 0.1) is 18.8 Å². The van der Waals surface area contributed by atoms with E-state index < -0.39 is 0 Å². The van der Waals surface area contributed by atoms with Gasteiger partial charge >= 0.3 is 0 Å². The maximum Gasteiger partial charge on any atom is 0.126 e. The fourth-order valence-electron chi connectivity index (χ4n) is 2.43. The summed E-state index contributed by atoms with van der Waals surface area (Å²) in [7, 11) is 0. The van der Waals surface area contributed by atoms with Gasteiger partial charge in [0, 0.05) is 18.4 Å². The fourth-order valence-corrected chi connectivity index (χ4v) is 2.43. The molecule has 1 unspecified atom stereocenters. The summed E-state index contributed by atoms with van der Waals surface area (Å²) in [6.07, 6.45) is 6.94. The highest BCUT2D eigenvalue weighted by atomic mass is 16.5. The number of aliphatic imine (C=N–C) groups is 1. The van der Waals surface area contributed by atoms with Crippen LogP contribution in [-0.4, -0.2) is 42.7 Å². The number of aryl methyl sites for hydroxylation is 1. The van der Waals surface area contributed by atoms with Gasteiger partial charge in [0.15, 0.2) is 0 Å². The van der Waals surface area contributed by atoms with Gasteiger partial charge in [-0.15, -0.1) is 0 Å². The molecule has 122 valence electrons. The Labute approximate surface area is 137 Å². The molecule has 2 heterocycles. The van der Waals surface area contributed by atoms with E-state index in [1.165, 1.54) is 6.42 Å². The molecule has 0 spiro atoms. The third kappa shape index (κ3) is 5.16. The molecule has 0 aliphatic carbocycles. The highest BCUT2D eigenvalue weighted by molar-refractivity contribution is 6.37. The van der Waals surface area contributed by atoms with E-state index in [4.69, 9.17) is 16.3 Å². The number of nitrogens with zero attached hydrogens (tertiary/aromatic N) is 3. The van der Waals surface area contributed by atoms with Gasteiger partial charge in [-0.2, -0.15) is 5.10 Å². The van der Waals surface area contributed by atoms with Crippen LogP contribution in [0.2, 0.25) is 0 Å². The van der Waals surface area contributed by atoms with Crippen LogP contribution in [-0.2, 0) is 4.74 Å². The molecule has 0 amide bonds. The lowest BCUT2D eigenvalue weighted by atomic mass is 10.1. The van der Waals surface area contributed by atoms with Crippen molar-refractivity contribution in [1.29, 1.82) is 0 Å². The molecule has 1 fully saturated rings. The number of hydrogen-bond acceptors (Lipinski definition) is 6. The molecule has 1 aliphatic heterocycles. The number of aromatic nitrogens is 1. The topological polar surface area (TPSA) is 98.9 Å². The Kier molecular flexibility index (Phi) is 6.73. The predicted molar refractivity (Wildman–Crippen MR) is 92.6 cm³/mol. The molecule has 0 radical (unpaired) electrons. The second kappa shape index (κ2) is 9.03. The molecular formula is C17H23N5O. The normalized spacial score (nSPS) is 18.7. The van der Waals surface area contributed by atoms with Gasteiger partial charge in [0.1, 0.15) is 5.71 Å². The largest absolute Gasteiger partial charge is 0.376 e. The zero-order valence-corrected chi connectivity index (χ0v) is 13.5. The lowest BCUT2D eigenvalue weighted by Gasteiger charge is -2.20. The van der Waals surface area contributed by atoms with E-state index >= 15 is 0 Å². The highest BCUT2D eigenvalue weighted by Crippen LogP contribution is 2.13. The van der Waals surface area contributed by atoms with Crippen molar-refractivity contribution in [3.05, 3.63) is 29.1 Å². The highest BCUT2D eigenvalue weighted by Gasteiger charge is 2.13.